The number of hydrogen-bond acceptors (Lipinski definition) is 3. The zero-order valence-electron chi connectivity index (χ0n) is 14.7. The maximum atomic E-state index is 13.9. The number of hydrogen-bond donors (Lipinski definition) is 1. The highest BCUT2D eigenvalue weighted by atomic mass is 19.4. The first-order valence-corrected chi connectivity index (χ1v) is 8.46. The van der Waals surface area contributed by atoms with Crippen LogP contribution in [0.15, 0.2) is 12.1 Å². The Morgan fingerprint density at radius 1 is 1.10 bits per heavy atom. The summed E-state index contributed by atoms with van der Waals surface area (Å²) >= 11 is 0. The minimum atomic E-state index is -4.96. The number of halogens is 7. The molecule has 1 aliphatic rings. The molecule has 0 bridgehead atoms. The van der Waals surface area contributed by atoms with E-state index in [4.69, 9.17) is 5.73 Å². The first-order valence-electron chi connectivity index (χ1n) is 8.46. The van der Waals surface area contributed by atoms with Crippen LogP contribution in [0.25, 0.3) is 0 Å². The largest absolute Gasteiger partial charge is 0.437 e. The monoisotopic (exact) mass is 424 g/mol. The second kappa shape index (κ2) is 7.65. The lowest BCUT2D eigenvalue weighted by Crippen LogP contribution is -2.41. The normalized spacial score (nSPS) is 15.4. The average molecular weight is 424 g/mol. The summed E-state index contributed by atoms with van der Waals surface area (Å²) in [6.07, 6.45) is -5.54. The van der Waals surface area contributed by atoms with Crippen LogP contribution in [0.4, 0.5) is 30.7 Å². The molecular weight excluding hydrogens is 409 g/mol. The molecule has 0 fully saturated rings. The summed E-state index contributed by atoms with van der Waals surface area (Å²) in [6, 6.07) is 0.0657. The minimum Gasteiger partial charge on any atom is -0.333 e. The summed E-state index contributed by atoms with van der Waals surface area (Å²) in [4.78, 5) is 16.8. The van der Waals surface area contributed by atoms with Gasteiger partial charge in [-0.25, -0.2) is 18.2 Å². The van der Waals surface area contributed by atoms with Gasteiger partial charge in [-0.1, -0.05) is 0 Å². The maximum Gasteiger partial charge on any atom is 0.437 e. The highest BCUT2D eigenvalue weighted by molar-refractivity contribution is 5.77. The molecule has 2 N–H and O–H groups in total. The Labute approximate surface area is 159 Å². The van der Waals surface area contributed by atoms with Crippen LogP contribution in [0.1, 0.15) is 23.5 Å². The number of imidazole rings is 1. The van der Waals surface area contributed by atoms with Crippen molar-refractivity contribution >= 4 is 5.91 Å². The molecule has 3 rings (SSSR count). The molecule has 0 saturated carbocycles. The molecule has 0 spiro atoms. The number of carbonyl (C=O) groups is 1. The van der Waals surface area contributed by atoms with Gasteiger partial charge in [0.1, 0.15) is 11.6 Å². The molecule has 1 aromatic carbocycles. The number of rotatable bonds is 4. The Kier molecular flexibility index (Phi) is 5.57. The van der Waals surface area contributed by atoms with E-state index in [0.29, 0.717) is 12.1 Å². The number of fused-ring (bicyclic) bond motifs is 1. The van der Waals surface area contributed by atoms with Crippen molar-refractivity contribution in [3.05, 3.63) is 52.6 Å². The third-order valence-electron chi connectivity index (χ3n) is 4.54. The van der Waals surface area contributed by atoms with E-state index in [1.807, 2.05) is 0 Å². The van der Waals surface area contributed by atoms with Crippen molar-refractivity contribution in [3.8, 4) is 0 Å². The van der Waals surface area contributed by atoms with E-state index in [0.717, 1.165) is 9.47 Å². The van der Waals surface area contributed by atoms with Crippen LogP contribution in [0, 0.1) is 23.4 Å². The summed E-state index contributed by atoms with van der Waals surface area (Å²) in [6.45, 7) is -0.635. The Hall–Kier alpha value is -2.63. The molecule has 1 amide bonds. The van der Waals surface area contributed by atoms with Crippen molar-refractivity contribution < 1.29 is 35.5 Å². The highest BCUT2D eigenvalue weighted by Gasteiger charge is 2.41. The molecule has 1 unspecified atom stereocenters. The third kappa shape index (κ3) is 4.36. The molecule has 29 heavy (non-hydrogen) atoms. The molecular formula is C17H15F7N4O. The molecule has 158 valence electrons. The Bertz CT molecular complexity index is 941. The predicted octanol–water partition coefficient (Wildman–Crippen LogP) is 2.76. The van der Waals surface area contributed by atoms with Crippen molar-refractivity contribution in [2.75, 3.05) is 6.54 Å². The summed E-state index contributed by atoms with van der Waals surface area (Å²) < 4.78 is 92.8. The van der Waals surface area contributed by atoms with Gasteiger partial charge in [0.05, 0.1) is 6.54 Å². The van der Waals surface area contributed by atoms with Crippen LogP contribution in [0.2, 0.25) is 0 Å². The van der Waals surface area contributed by atoms with Crippen LogP contribution in [0.3, 0.4) is 0 Å². The highest BCUT2D eigenvalue weighted by Crippen LogP contribution is 2.32. The Balaban J connectivity index is 1.66. The van der Waals surface area contributed by atoms with Gasteiger partial charge in [0.25, 0.3) is 0 Å². The van der Waals surface area contributed by atoms with Gasteiger partial charge in [-0.05, 0) is 18.1 Å². The smallest absolute Gasteiger partial charge is 0.333 e. The van der Waals surface area contributed by atoms with E-state index in [-0.39, 0.29) is 43.9 Å². The second-order valence-electron chi connectivity index (χ2n) is 6.66. The quantitative estimate of drug-likeness (QED) is 0.607. The fourth-order valence-corrected chi connectivity index (χ4v) is 3.12. The molecule has 0 saturated heterocycles. The van der Waals surface area contributed by atoms with Gasteiger partial charge < -0.3 is 15.2 Å². The van der Waals surface area contributed by atoms with E-state index in [1.165, 1.54) is 0 Å². The van der Waals surface area contributed by atoms with Gasteiger partial charge in [-0.2, -0.15) is 17.6 Å². The lowest BCUT2D eigenvalue weighted by Gasteiger charge is -2.28. The van der Waals surface area contributed by atoms with Crippen molar-refractivity contribution in [3.63, 3.8) is 0 Å². The fourth-order valence-electron chi connectivity index (χ4n) is 3.12. The maximum absolute atomic E-state index is 13.9. The Morgan fingerprint density at radius 3 is 2.41 bits per heavy atom. The molecule has 0 radical (unpaired) electrons. The van der Waals surface area contributed by atoms with Crippen LogP contribution in [-0.4, -0.2) is 32.9 Å². The van der Waals surface area contributed by atoms with Gasteiger partial charge >= 0.3 is 6.18 Å². The number of carbonyl (C=O) groups excluding carboxylic acids is 1. The third-order valence-corrected chi connectivity index (χ3v) is 4.54. The summed E-state index contributed by atoms with van der Waals surface area (Å²) in [5.41, 5.74) is 3.93. The van der Waals surface area contributed by atoms with Crippen LogP contribution in [-0.2, 0) is 30.5 Å². The number of nitrogens with two attached hydrogens (primary N) is 1. The Morgan fingerprint density at radius 2 is 1.76 bits per heavy atom. The molecule has 1 aromatic heterocycles. The zero-order valence-corrected chi connectivity index (χ0v) is 14.7. The van der Waals surface area contributed by atoms with E-state index >= 15 is 0 Å². The van der Waals surface area contributed by atoms with E-state index in [2.05, 4.69) is 4.98 Å². The number of alkyl halides is 3. The molecule has 1 aliphatic heterocycles. The van der Waals surface area contributed by atoms with Crippen LogP contribution >= 0.6 is 0 Å². The first-order chi connectivity index (χ1) is 13.5. The van der Waals surface area contributed by atoms with Crippen molar-refractivity contribution in [1.82, 2.24) is 14.5 Å². The minimum absolute atomic E-state index is 0.0668. The van der Waals surface area contributed by atoms with Crippen molar-refractivity contribution in [1.29, 1.82) is 0 Å². The fraction of sp³-hybridized carbons (Fsp3) is 0.412. The van der Waals surface area contributed by atoms with Crippen LogP contribution < -0.4 is 5.73 Å². The zero-order chi connectivity index (χ0) is 21.5. The lowest BCUT2D eigenvalue weighted by molar-refractivity contribution is -0.143. The van der Waals surface area contributed by atoms with E-state index < -0.39 is 47.2 Å². The van der Waals surface area contributed by atoms with Crippen molar-refractivity contribution in [2.45, 2.75) is 38.1 Å². The van der Waals surface area contributed by atoms with Gasteiger partial charge in [0.2, 0.25) is 11.9 Å². The summed E-state index contributed by atoms with van der Waals surface area (Å²) in [5, 5.41) is 0. The topological polar surface area (TPSA) is 64.2 Å². The molecule has 12 heteroatoms. The number of amides is 1. The van der Waals surface area contributed by atoms with E-state index in [9.17, 15) is 35.5 Å². The summed E-state index contributed by atoms with van der Waals surface area (Å²) in [7, 11) is 0. The number of aromatic nitrogens is 2. The first kappa shape index (κ1) is 21.1. The number of benzene rings is 1. The molecule has 1 atom stereocenters. The van der Waals surface area contributed by atoms with Crippen LogP contribution in [0.5, 0.6) is 0 Å². The predicted molar refractivity (Wildman–Crippen MR) is 85.2 cm³/mol. The van der Waals surface area contributed by atoms with Crippen molar-refractivity contribution in [2.24, 2.45) is 5.73 Å². The average Bonchev–Trinajstić information content (AvgIpc) is 2.96. The van der Waals surface area contributed by atoms with Gasteiger partial charge in [-0.3, -0.25) is 4.79 Å². The van der Waals surface area contributed by atoms with E-state index in [1.54, 1.807) is 0 Å². The molecule has 5 nitrogen and oxygen atoms in total. The lowest BCUT2D eigenvalue weighted by atomic mass is 10.0. The van der Waals surface area contributed by atoms with Gasteiger partial charge in [0.15, 0.2) is 17.3 Å². The molecule has 2 aromatic rings. The standard InChI is InChI=1S/C17H15F7N4O/c18-10-6-12(20)11(19)4-8(10)3-9(25)5-14(29)27-1-2-28-13(7-27)26-15(16(28)21)17(22,23)24/h4,6,9H,1-3,5,7,25H2. The van der Waals surface area contributed by atoms with Gasteiger partial charge in [0, 0.05) is 31.6 Å². The second-order valence-corrected chi connectivity index (χ2v) is 6.66. The van der Waals surface area contributed by atoms with Gasteiger partial charge in [-0.15, -0.1) is 0 Å². The SMILES string of the molecule is NC(CC(=O)N1CCn2c(nc(C(F)(F)F)c2F)C1)Cc1cc(F)c(F)cc1F. The number of nitrogens with zero attached hydrogens (tertiary/aromatic N) is 3. The summed E-state index contributed by atoms with van der Waals surface area (Å²) in [5.74, 6) is -5.96. The molecule has 0 aliphatic carbocycles. The molecule has 2 heterocycles.